The highest BCUT2D eigenvalue weighted by Crippen LogP contribution is 2.41. The molecule has 0 bridgehead atoms. The van der Waals surface area contributed by atoms with Gasteiger partial charge < -0.3 is 25.1 Å². The van der Waals surface area contributed by atoms with E-state index < -0.39 is 0 Å². The van der Waals surface area contributed by atoms with Crippen LogP contribution in [0.25, 0.3) is 27.6 Å². The summed E-state index contributed by atoms with van der Waals surface area (Å²) < 4.78 is 19.8. The summed E-state index contributed by atoms with van der Waals surface area (Å²) in [5.41, 5.74) is 13.0. The summed E-state index contributed by atoms with van der Waals surface area (Å²) in [5.74, 6) is -0.143. The maximum Gasteiger partial charge on any atom is 0.155 e. The topological polar surface area (TPSA) is 71.4 Å². The van der Waals surface area contributed by atoms with Gasteiger partial charge in [-0.05, 0) is 74.1 Å². The van der Waals surface area contributed by atoms with E-state index in [4.69, 9.17) is 4.79 Å². The third-order valence-corrected chi connectivity index (χ3v) is 6.70. The largest absolute Gasteiger partial charge is 0.388 e. The van der Waals surface area contributed by atoms with Crippen molar-refractivity contribution in [1.29, 1.82) is 0 Å². The molecule has 0 atom stereocenters. The van der Waals surface area contributed by atoms with Crippen molar-refractivity contribution >= 4 is 29.0 Å². The van der Waals surface area contributed by atoms with E-state index in [-0.39, 0.29) is 5.82 Å². The second-order valence-corrected chi connectivity index (χ2v) is 8.87. The lowest BCUT2D eigenvalue weighted by molar-refractivity contribution is -0.0980. The Kier molecular flexibility index (Phi) is 15.4. The number of halogens is 1. The van der Waals surface area contributed by atoms with Gasteiger partial charge in [-0.3, -0.25) is 0 Å². The van der Waals surface area contributed by atoms with Crippen LogP contribution in [0.15, 0.2) is 67.3 Å². The molecule has 0 unspecified atom stereocenters. The Hall–Kier alpha value is -3.48. The smallest absolute Gasteiger partial charge is 0.155 e. The van der Waals surface area contributed by atoms with Crippen LogP contribution in [-0.2, 0) is 16.0 Å². The molecule has 2 heterocycles. The lowest BCUT2D eigenvalue weighted by Crippen LogP contribution is -2.29. The van der Waals surface area contributed by atoms with Gasteiger partial charge >= 0.3 is 0 Å². The van der Waals surface area contributed by atoms with Crippen molar-refractivity contribution in [2.24, 2.45) is 5.73 Å². The van der Waals surface area contributed by atoms with E-state index in [0.29, 0.717) is 11.1 Å². The molecule has 1 fully saturated rings. The number of carbonyl (C=O) groups excluding carboxylic acids is 1. The van der Waals surface area contributed by atoms with E-state index in [9.17, 15) is 0 Å². The minimum absolute atomic E-state index is 0.143. The number of methoxy groups -OCH3 is 1. The molecule has 3 N–H and O–H groups in total. The lowest BCUT2D eigenvalue weighted by Gasteiger charge is -2.28. The number of rotatable bonds is 4. The Labute approximate surface area is 234 Å². The maximum absolute atomic E-state index is 15.6. The second-order valence-electron chi connectivity index (χ2n) is 8.87. The van der Waals surface area contributed by atoms with Crippen LogP contribution in [0.1, 0.15) is 50.8 Å². The Morgan fingerprint density at radius 3 is 2.15 bits per heavy atom. The summed E-state index contributed by atoms with van der Waals surface area (Å²) in [6.07, 6.45) is 9.95. The summed E-state index contributed by atoms with van der Waals surface area (Å²) in [6.45, 7) is 14.5. The highest BCUT2D eigenvalue weighted by Gasteiger charge is 2.25. The summed E-state index contributed by atoms with van der Waals surface area (Å²) in [4.78, 5) is 13.9. The first kappa shape index (κ1) is 33.5. The third kappa shape index (κ3) is 7.78. The van der Waals surface area contributed by atoms with Crippen LogP contribution in [0.2, 0.25) is 0 Å². The number of aromatic amines is 1. The summed E-state index contributed by atoms with van der Waals surface area (Å²) in [5, 5.41) is 1.02. The number of aromatic nitrogens is 1. The second kappa shape index (κ2) is 17.9. The molecule has 6 heteroatoms. The number of carbonyl (C=O) groups is 1. The number of hydrogen-bond acceptors (Lipinski definition) is 4. The minimum atomic E-state index is -0.143. The molecule has 3 aromatic rings. The van der Waals surface area contributed by atoms with Gasteiger partial charge in [-0.15, -0.1) is 13.2 Å². The quantitative estimate of drug-likeness (QED) is 0.336. The van der Waals surface area contributed by atoms with Crippen LogP contribution < -0.4 is 10.6 Å². The van der Waals surface area contributed by atoms with Gasteiger partial charge in [0.25, 0.3) is 0 Å². The Morgan fingerprint density at radius 2 is 1.62 bits per heavy atom. The van der Waals surface area contributed by atoms with Crippen molar-refractivity contribution in [1.82, 2.24) is 4.98 Å². The standard InChI is InChI=1S/C27H29FN2.C2H6O.C2H4.CH5N.CH2O/c1-3-8-19-17-24-23-14-13-22(25(28)27(23)29-26(24)21(19)4-2)18-9-11-20(12-10-18)30-15-6-5-7-16-30;1-3-2;3*1-2/h3,8-14,29H,4-7,15-17H2,1-2H3;1-2H3;1-2H2;2H2,1H3;1H2/b8-3-;;;;. The van der Waals surface area contributed by atoms with Crippen LogP contribution in [0.4, 0.5) is 10.1 Å². The van der Waals surface area contributed by atoms with Gasteiger partial charge in [-0.25, -0.2) is 4.39 Å². The van der Waals surface area contributed by atoms with Crippen molar-refractivity contribution < 1.29 is 13.9 Å². The zero-order valence-electron chi connectivity index (χ0n) is 24.4. The molecule has 1 aliphatic heterocycles. The molecule has 1 aromatic heterocycles. The van der Waals surface area contributed by atoms with Gasteiger partial charge in [0.15, 0.2) is 5.82 Å². The molecular formula is C33H46FN3O2. The number of nitrogens with two attached hydrogens (primary N) is 1. The van der Waals surface area contributed by atoms with Crippen molar-refractivity contribution in [3.8, 4) is 11.1 Å². The van der Waals surface area contributed by atoms with Crippen LogP contribution in [0.3, 0.4) is 0 Å². The summed E-state index contributed by atoms with van der Waals surface area (Å²) >= 11 is 0. The van der Waals surface area contributed by atoms with Gasteiger partial charge in [0.2, 0.25) is 0 Å². The van der Waals surface area contributed by atoms with E-state index in [0.717, 1.165) is 42.6 Å². The van der Waals surface area contributed by atoms with Gasteiger partial charge in [-0.1, -0.05) is 43.3 Å². The van der Waals surface area contributed by atoms with Gasteiger partial charge in [0.05, 0.1) is 5.52 Å². The first-order chi connectivity index (χ1) is 19.1. The Morgan fingerprint density at radius 1 is 1.03 bits per heavy atom. The number of anilines is 1. The number of nitrogens with zero attached hydrogens (tertiary/aromatic N) is 1. The fourth-order valence-electron chi connectivity index (χ4n) is 5.18. The van der Waals surface area contributed by atoms with Gasteiger partial charge in [-0.2, -0.15) is 0 Å². The molecule has 1 aliphatic carbocycles. The molecule has 212 valence electrons. The average Bonchev–Trinajstić information content (AvgIpc) is 3.54. The molecule has 0 saturated carbocycles. The fraction of sp³-hybridized carbons (Fsp3) is 0.364. The van der Waals surface area contributed by atoms with Crippen LogP contribution >= 0.6 is 0 Å². The highest BCUT2D eigenvalue weighted by molar-refractivity contribution is 5.96. The number of fused-ring (bicyclic) bond motifs is 3. The normalized spacial score (nSPS) is 13.8. The van der Waals surface area contributed by atoms with E-state index in [2.05, 4.69) is 82.9 Å². The maximum atomic E-state index is 15.6. The van der Waals surface area contributed by atoms with E-state index in [1.54, 1.807) is 14.2 Å². The van der Waals surface area contributed by atoms with E-state index in [1.165, 1.54) is 48.7 Å². The average molecular weight is 536 g/mol. The number of hydrogen-bond donors (Lipinski definition) is 2. The SMILES string of the molecule is C/C=C\C1=C(CC)c2[nH]c3c(F)c(-c4ccc(N5CCCCC5)cc4)ccc3c2C1.C=C.C=O.CN.COC. The van der Waals surface area contributed by atoms with Crippen LogP contribution in [0.5, 0.6) is 0 Å². The van der Waals surface area contributed by atoms with Crippen molar-refractivity contribution in [3.05, 3.63) is 84.4 Å². The molecule has 2 aliphatic rings. The van der Waals surface area contributed by atoms with Crippen molar-refractivity contribution in [2.75, 3.05) is 39.3 Å². The number of ether oxygens (including phenoxy) is 1. The number of H-pyrrole nitrogens is 1. The first-order valence-electron chi connectivity index (χ1n) is 13.4. The van der Waals surface area contributed by atoms with Crippen LogP contribution in [0, 0.1) is 5.82 Å². The van der Waals surface area contributed by atoms with Crippen molar-refractivity contribution in [3.63, 3.8) is 0 Å². The Balaban J connectivity index is 0.000000763. The molecule has 1 saturated heterocycles. The molecule has 0 spiro atoms. The molecule has 2 aromatic carbocycles. The predicted molar refractivity (Wildman–Crippen MR) is 167 cm³/mol. The minimum Gasteiger partial charge on any atom is -0.388 e. The monoisotopic (exact) mass is 535 g/mol. The van der Waals surface area contributed by atoms with E-state index >= 15 is 4.39 Å². The molecule has 5 rings (SSSR count). The molecule has 5 nitrogen and oxygen atoms in total. The Bertz CT molecular complexity index is 1200. The van der Waals surface area contributed by atoms with Crippen LogP contribution in [-0.4, -0.2) is 46.1 Å². The number of allylic oxidation sites excluding steroid dienone is 4. The van der Waals surface area contributed by atoms with E-state index in [1.807, 2.05) is 19.8 Å². The van der Waals surface area contributed by atoms with Gasteiger partial charge in [0, 0.05) is 56.1 Å². The molecule has 0 amide bonds. The highest BCUT2D eigenvalue weighted by atomic mass is 19.1. The lowest BCUT2D eigenvalue weighted by atomic mass is 10.0. The van der Waals surface area contributed by atoms with Gasteiger partial charge in [0.1, 0.15) is 6.79 Å². The third-order valence-electron chi connectivity index (χ3n) is 6.70. The zero-order valence-corrected chi connectivity index (χ0v) is 24.4. The molecular weight excluding hydrogens is 489 g/mol. The zero-order chi connectivity index (χ0) is 29.4. The number of nitrogens with one attached hydrogen (secondary N) is 1. The fourth-order valence-corrected chi connectivity index (χ4v) is 5.18. The predicted octanol–water partition coefficient (Wildman–Crippen LogP) is 7.71. The number of benzene rings is 2. The summed E-state index contributed by atoms with van der Waals surface area (Å²) in [6, 6.07) is 12.4. The first-order valence-corrected chi connectivity index (χ1v) is 13.4. The molecule has 39 heavy (non-hydrogen) atoms. The summed E-state index contributed by atoms with van der Waals surface area (Å²) in [7, 11) is 4.75. The number of piperidine rings is 1. The molecule has 0 radical (unpaired) electrons. The van der Waals surface area contributed by atoms with Crippen molar-refractivity contribution in [2.45, 2.75) is 46.0 Å².